The first-order valence-electron chi connectivity index (χ1n) is 8.02. The summed E-state index contributed by atoms with van der Waals surface area (Å²) in [7, 11) is 0. The van der Waals surface area contributed by atoms with Gasteiger partial charge < -0.3 is 18.7 Å². The zero-order valence-electron chi connectivity index (χ0n) is 13.6. The van der Waals surface area contributed by atoms with Crippen LogP contribution in [0.25, 0.3) is 0 Å². The van der Waals surface area contributed by atoms with Crippen molar-refractivity contribution in [1.29, 1.82) is 0 Å². The van der Waals surface area contributed by atoms with E-state index in [1.807, 2.05) is 0 Å². The number of benzene rings is 1. The van der Waals surface area contributed by atoms with Crippen LogP contribution in [-0.2, 0) is 16.1 Å². The number of para-hydroxylation sites is 1. The van der Waals surface area contributed by atoms with Crippen LogP contribution in [0.2, 0.25) is 0 Å². The highest BCUT2D eigenvalue weighted by molar-refractivity contribution is 5.92. The molecule has 1 atom stereocenters. The van der Waals surface area contributed by atoms with Gasteiger partial charge in [-0.1, -0.05) is 17.3 Å². The fourth-order valence-electron chi connectivity index (χ4n) is 2.49. The fourth-order valence-corrected chi connectivity index (χ4v) is 2.49. The van der Waals surface area contributed by atoms with E-state index in [2.05, 4.69) is 10.1 Å². The third kappa shape index (κ3) is 4.32. The van der Waals surface area contributed by atoms with Crippen molar-refractivity contribution >= 4 is 5.97 Å². The summed E-state index contributed by atoms with van der Waals surface area (Å²) in [6, 6.07) is 6.93. The van der Waals surface area contributed by atoms with Gasteiger partial charge in [-0.05, 0) is 31.4 Å². The SMILES string of the molecule is Cc1nc(COc2ccccc2C(=O)OCC2CCCCO2)no1. The number of nitrogens with zero attached hydrogens (tertiary/aromatic N) is 2. The lowest BCUT2D eigenvalue weighted by molar-refractivity contribution is -0.0301. The molecule has 1 aliphatic heterocycles. The van der Waals surface area contributed by atoms with E-state index in [-0.39, 0.29) is 19.3 Å². The highest BCUT2D eigenvalue weighted by atomic mass is 16.6. The lowest BCUT2D eigenvalue weighted by Gasteiger charge is -2.22. The van der Waals surface area contributed by atoms with Crippen LogP contribution < -0.4 is 4.74 Å². The fraction of sp³-hybridized carbons (Fsp3) is 0.471. The van der Waals surface area contributed by atoms with E-state index in [1.165, 1.54) is 0 Å². The van der Waals surface area contributed by atoms with Crippen LogP contribution in [0.1, 0.15) is 41.3 Å². The first kappa shape index (κ1) is 16.4. The summed E-state index contributed by atoms with van der Waals surface area (Å²) in [6.07, 6.45) is 3.07. The van der Waals surface area contributed by atoms with Gasteiger partial charge in [0.1, 0.15) is 17.9 Å². The standard InChI is InChI=1S/C17H20N2O5/c1-12-18-16(19-24-12)11-22-15-8-3-2-7-14(15)17(20)23-10-13-6-4-5-9-21-13/h2-3,7-8,13H,4-6,9-11H2,1H3. The van der Waals surface area contributed by atoms with Crippen molar-refractivity contribution < 1.29 is 23.5 Å². The summed E-state index contributed by atoms with van der Waals surface area (Å²) in [5.41, 5.74) is 0.369. The van der Waals surface area contributed by atoms with Crippen LogP contribution >= 0.6 is 0 Å². The number of hydrogen-bond acceptors (Lipinski definition) is 7. The lowest BCUT2D eigenvalue weighted by Crippen LogP contribution is -2.26. The van der Waals surface area contributed by atoms with Gasteiger partial charge in [0, 0.05) is 13.5 Å². The number of hydrogen-bond donors (Lipinski definition) is 0. The molecule has 1 aliphatic rings. The summed E-state index contributed by atoms with van der Waals surface area (Å²) in [4.78, 5) is 16.4. The van der Waals surface area contributed by atoms with Crippen LogP contribution in [-0.4, -0.2) is 35.4 Å². The van der Waals surface area contributed by atoms with E-state index in [0.29, 0.717) is 23.0 Å². The second kappa shape index (κ2) is 7.92. The van der Waals surface area contributed by atoms with Gasteiger partial charge in [-0.2, -0.15) is 4.98 Å². The van der Waals surface area contributed by atoms with Crippen molar-refractivity contribution in [3.05, 3.63) is 41.5 Å². The molecule has 128 valence electrons. The molecule has 0 N–H and O–H groups in total. The highest BCUT2D eigenvalue weighted by Gasteiger charge is 2.19. The minimum atomic E-state index is -0.427. The number of aryl methyl sites for hydroxylation is 1. The van der Waals surface area contributed by atoms with Crippen molar-refractivity contribution in [2.45, 2.75) is 38.9 Å². The summed E-state index contributed by atoms with van der Waals surface area (Å²) in [5.74, 6) is 0.888. The number of rotatable bonds is 6. The van der Waals surface area contributed by atoms with E-state index in [1.54, 1.807) is 31.2 Å². The maximum atomic E-state index is 12.3. The summed E-state index contributed by atoms with van der Waals surface area (Å²) in [6.45, 7) is 2.81. The van der Waals surface area contributed by atoms with Gasteiger partial charge in [-0.15, -0.1) is 0 Å². The topological polar surface area (TPSA) is 83.7 Å². The molecule has 7 nitrogen and oxygen atoms in total. The molecule has 24 heavy (non-hydrogen) atoms. The number of ether oxygens (including phenoxy) is 3. The Hall–Kier alpha value is -2.41. The zero-order valence-corrected chi connectivity index (χ0v) is 13.6. The number of carbonyl (C=O) groups is 1. The average Bonchev–Trinajstić information content (AvgIpc) is 3.04. The molecule has 1 aromatic heterocycles. The molecular formula is C17H20N2O5. The summed E-state index contributed by atoms with van der Waals surface area (Å²) >= 11 is 0. The first-order chi connectivity index (χ1) is 11.7. The minimum Gasteiger partial charge on any atom is -0.485 e. The summed E-state index contributed by atoms with van der Waals surface area (Å²) < 4.78 is 21.5. The molecule has 7 heteroatoms. The Bertz CT molecular complexity index is 679. The predicted molar refractivity (Wildman–Crippen MR) is 83.7 cm³/mol. The maximum absolute atomic E-state index is 12.3. The molecule has 2 heterocycles. The van der Waals surface area contributed by atoms with Gasteiger partial charge in [-0.25, -0.2) is 4.79 Å². The van der Waals surface area contributed by atoms with Gasteiger partial charge in [0.2, 0.25) is 11.7 Å². The van der Waals surface area contributed by atoms with Crippen molar-refractivity contribution in [3.63, 3.8) is 0 Å². The van der Waals surface area contributed by atoms with Crippen LogP contribution in [0.15, 0.2) is 28.8 Å². The number of esters is 1. The molecule has 3 rings (SSSR count). The molecule has 0 spiro atoms. The molecule has 2 aromatic rings. The molecule has 1 fully saturated rings. The largest absolute Gasteiger partial charge is 0.485 e. The van der Waals surface area contributed by atoms with Crippen LogP contribution in [0, 0.1) is 6.92 Å². The van der Waals surface area contributed by atoms with Crippen LogP contribution in [0.5, 0.6) is 5.75 Å². The Morgan fingerprint density at radius 1 is 1.33 bits per heavy atom. The normalized spacial score (nSPS) is 17.5. The maximum Gasteiger partial charge on any atom is 0.342 e. The number of carbonyl (C=O) groups excluding carboxylic acids is 1. The molecule has 0 aliphatic carbocycles. The van der Waals surface area contributed by atoms with E-state index in [0.717, 1.165) is 25.9 Å². The van der Waals surface area contributed by atoms with Gasteiger partial charge >= 0.3 is 5.97 Å². The molecule has 1 saturated heterocycles. The Morgan fingerprint density at radius 2 is 2.21 bits per heavy atom. The molecule has 0 radical (unpaired) electrons. The minimum absolute atomic E-state index is 0.0157. The van der Waals surface area contributed by atoms with Gasteiger partial charge in [0.05, 0.1) is 6.10 Å². The Kier molecular flexibility index (Phi) is 5.43. The average molecular weight is 332 g/mol. The van der Waals surface area contributed by atoms with E-state index in [9.17, 15) is 4.79 Å². The predicted octanol–water partition coefficient (Wildman–Crippen LogP) is 2.68. The van der Waals surface area contributed by atoms with Crippen molar-refractivity contribution in [1.82, 2.24) is 10.1 Å². The van der Waals surface area contributed by atoms with Gasteiger partial charge in [0.15, 0.2) is 6.61 Å². The van der Waals surface area contributed by atoms with Crippen molar-refractivity contribution in [2.24, 2.45) is 0 Å². The van der Waals surface area contributed by atoms with Gasteiger partial charge in [0.25, 0.3) is 0 Å². The number of aromatic nitrogens is 2. The van der Waals surface area contributed by atoms with Crippen LogP contribution in [0.4, 0.5) is 0 Å². The molecule has 1 aromatic carbocycles. The monoisotopic (exact) mass is 332 g/mol. The summed E-state index contributed by atoms with van der Waals surface area (Å²) in [5, 5.41) is 3.76. The lowest BCUT2D eigenvalue weighted by atomic mass is 10.1. The third-order valence-electron chi connectivity index (χ3n) is 3.71. The molecular weight excluding hydrogens is 312 g/mol. The zero-order chi connectivity index (χ0) is 16.8. The molecule has 0 bridgehead atoms. The Morgan fingerprint density at radius 3 is 2.96 bits per heavy atom. The second-order valence-electron chi connectivity index (χ2n) is 5.60. The molecule has 0 saturated carbocycles. The van der Waals surface area contributed by atoms with E-state index < -0.39 is 5.97 Å². The first-order valence-corrected chi connectivity index (χ1v) is 8.02. The Labute approximate surface area is 139 Å². The van der Waals surface area contributed by atoms with Crippen molar-refractivity contribution in [3.8, 4) is 5.75 Å². The highest BCUT2D eigenvalue weighted by Crippen LogP contribution is 2.21. The quantitative estimate of drug-likeness (QED) is 0.752. The Balaban J connectivity index is 1.58. The van der Waals surface area contributed by atoms with E-state index >= 15 is 0 Å². The van der Waals surface area contributed by atoms with Crippen LogP contribution in [0.3, 0.4) is 0 Å². The third-order valence-corrected chi connectivity index (χ3v) is 3.71. The van der Waals surface area contributed by atoms with E-state index in [4.69, 9.17) is 18.7 Å². The van der Waals surface area contributed by atoms with Gasteiger partial charge in [-0.3, -0.25) is 0 Å². The second-order valence-corrected chi connectivity index (χ2v) is 5.60. The smallest absolute Gasteiger partial charge is 0.342 e. The molecule has 0 amide bonds. The molecule has 1 unspecified atom stereocenters. The van der Waals surface area contributed by atoms with Crippen molar-refractivity contribution in [2.75, 3.05) is 13.2 Å².